The van der Waals surface area contributed by atoms with Gasteiger partial charge in [-0.05, 0) is 31.7 Å². The molecule has 17 heavy (non-hydrogen) atoms. The van der Waals surface area contributed by atoms with E-state index in [0.29, 0.717) is 5.41 Å². The molecule has 1 aliphatic carbocycles. The summed E-state index contributed by atoms with van der Waals surface area (Å²) >= 11 is 1.73. The Kier molecular flexibility index (Phi) is 4.54. The van der Waals surface area contributed by atoms with Crippen LogP contribution in [-0.2, 0) is 6.42 Å². The number of nitrogens with zero attached hydrogens (tertiary/aromatic N) is 1. The van der Waals surface area contributed by atoms with Crippen LogP contribution in [0.3, 0.4) is 0 Å². The second-order valence-corrected chi connectivity index (χ2v) is 6.26. The van der Waals surface area contributed by atoms with E-state index >= 15 is 0 Å². The highest BCUT2D eigenvalue weighted by atomic mass is 32.1. The summed E-state index contributed by atoms with van der Waals surface area (Å²) in [6.07, 6.45) is 6.33. The standard InChI is InChI=1S/C13H23N3S/c1-11-16-12(8-17-11)4-7-15-10-13(9-14)5-2-3-6-13/h8,15H,2-7,9-10,14H2,1H3. The van der Waals surface area contributed by atoms with Crippen LogP contribution < -0.4 is 11.1 Å². The first-order valence-corrected chi connectivity index (χ1v) is 7.44. The van der Waals surface area contributed by atoms with Crippen LogP contribution in [0.4, 0.5) is 0 Å². The van der Waals surface area contributed by atoms with Gasteiger partial charge in [0.25, 0.3) is 0 Å². The van der Waals surface area contributed by atoms with E-state index in [9.17, 15) is 0 Å². The van der Waals surface area contributed by atoms with Crippen molar-refractivity contribution in [1.29, 1.82) is 0 Å². The van der Waals surface area contributed by atoms with Gasteiger partial charge in [0.05, 0.1) is 10.7 Å². The summed E-state index contributed by atoms with van der Waals surface area (Å²) < 4.78 is 0. The Morgan fingerprint density at radius 2 is 2.24 bits per heavy atom. The van der Waals surface area contributed by atoms with E-state index in [0.717, 1.165) is 31.1 Å². The lowest BCUT2D eigenvalue weighted by molar-refractivity contribution is 0.292. The van der Waals surface area contributed by atoms with Gasteiger partial charge in [-0.2, -0.15) is 0 Å². The lowest BCUT2D eigenvalue weighted by Gasteiger charge is -2.27. The van der Waals surface area contributed by atoms with Crippen LogP contribution in [0.25, 0.3) is 0 Å². The van der Waals surface area contributed by atoms with Crippen LogP contribution in [0.15, 0.2) is 5.38 Å². The van der Waals surface area contributed by atoms with Crippen molar-refractivity contribution in [2.75, 3.05) is 19.6 Å². The maximum absolute atomic E-state index is 5.91. The van der Waals surface area contributed by atoms with Crippen molar-refractivity contribution in [3.05, 3.63) is 16.1 Å². The third-order valence-corrected chi connectivity index (χ3v) is 4.64. The van der Waals surface area contributed by atoms with E-state index in [1.54, 1.807) is 11.3 Å². The lowest BCUT2D eigenvalue weighted by atomic mass is 9.86. The van der Waals surface area contributed by atoms with Crippen LogP contribution >= 0.6 is 11.3 Å². The fourth-order valence-electron chi connectivity index (χ4n) is 2.67. The Morgan fingerprint density at radius 3 is 2.82 bits per heavy atom. The van der Waals surface area contributed by atoms with E-state index < -0.39 is 0 Å². The number of thiazole rings is 1. The van der Waals surface area contributed by atoms with Crippen molar-refractivity contribution in [1.82, 2.24) is 10.3 Å². The minimum Gasteiger partial charge on any atom is -0.330 e. The van der Waals surface area contributed by atoms with Crippen molar-refractivity contribution in [2.24, 2.45) is 11.1 Å². The number of hydrogen-bond donors (Lipinski definition) is 2. The number of rotatable bonds is 6. The lowest BCUT2D eigenvalue weighted by Crippen LogP contribution is -2.38. The topological polar surface area (TPSA) is 50.9 Å². The molecule has 0 bridgehead atoms. The maximum Gasteiger partial charge on any atom is 0.0897 e. The molecule has 3 nitrogen and oxygen atoms in total. The first-order valence-electron chi connectivity index (χ1n) is 6.56. The molecule has 2 rings (SSSR count). The van der Waals surface area contributed by atoms with E-state index in [-0.39, 0.29) is 0 Å². The summed E-state index contributed by atoms with van der Waals surface area (Å²) in [6.45, 7) is 4.98. The average Bonchev–Trinajstić information content (AvgIpc) is 2.95. The van der Waals surface area contributed by atoms with Gasteiger partial charge in [0, 0.05) is 24.9 Å². The number of hydrogen-bond acceptors (Lipinski definition) is 4. The molecule has 0 atom stereocenters. The number of aromatic nitrogens is 1. The van der Waals surface area contributed by atoms with Crippen LogP contribution in [0.2, 0.25) is 0 Å². The van der Waals surface area contributed by atoms with Crippen LogP contribution in [0.5, 0.6) is 0 Å². The first kappa shape index (κ1) is 13.0. The van der Waals surface area contributed by atoms with Crippen molar-refractivity contribution >= 4 is 11.3 Å². The highest BCUT2D eigenvalue weighted by Crippen LogP contribution is 2.36. The van der Waals surface area contributed by atoms with Gasteiger partial charge in [0.2, 0.25) is 0 Å². The molecule has 1 heterocycles. The Labute approximate surface area is 108 Å². The molecule has 0 aromatic carbocycles. The Balaban J connectivity index is 1.69. The molecule has 0 spiro atoms. The zero-order valence-corrected chi connectivity index (χ0v) is 11.5. The number of aryl methyl sites for hydroxylation is 1. The van der Waals surface area contributed by atoms with Gasteiger partial charge in [-0.15, -0.1) is 11.3 Å². The van der Waals surface area contributed by atoms with Crippen LogP contribution in [0, 0.1) is 12.3 Å². The SMILES string of the molecule is Cc1nc(CCNCC2(CN)CCCC2)cs1. The van der Waals surface area contributed by atoms with Gasteiger partial charge in [-0.1, -0.05) is 12.8 Å². The molecule has 0 radical (unpaired) electrons. The van der Waals surface area contributed by atoms with Crippen molar-refractivity contribution in [2.45, 2.75) is 39.0 Å². The predicted octanol–water partition coefficient (Wildman–Crippen LogP) is 2.10. The first-order chi connectivity index (χ1) is 8.24. The Morgan fingerprint density at radius 1 is 1.47 bits per heavy atom. The van der Waals surface area contributed by atoms with Gasteiger partial charge in [0.15, 0.2) is 0 Å². The quantitative estimate of drug-likeness (QED) is 0.763. The minimum atomic E-state index is 0.387. The molecule has 0 saturated heterocycles. The molecule has 4 heteroatoms. The third kappa shape index (κ3) is 3.50. The molecule has 1 aromatic rings. The van der Waals surface area contributed by atoms with Crippen LogP contribution in [-0.4, -0.2) is 24.6 Å². The monoisotopic (exact) mass is 253 g/mol. The highest BCUT2D eigenvalue weighted by Gasteiger charge is 2.31. The number of nitrogens with two attached hydrogens (primary N) is 1. The van der Waals surface area contributed by atoms with Gasteiger partial charge in [-0.25, -0.2) is 4.98 Å². The van der Waals surface area contributed by atoms with Crippen molar-refractivity contribution in [3.63, 3.8) is 0 Å². The molecule has 0 amide bonds. The Bertz CT molecular complexity index is 342. The summed E-state index contributed by atoms with van der Waals surface area (Å²) in [5.41, 5.74) is 7.52. The fraction of sp³-hybridized carbons (Fsp3) is 0.769. The summed E-state index contributed by atoms with van der Waals surface area (Å²) in [5, 5.41) is 6.88. The minimum absolute atomic E-state index is 0.387. The van der Waals surface area contributed by atoms with E-state index in [1.807, 2.05) is 0 Å². The summed E-state index contributed by atoms with van der Waals surface area (Å²) in [5.74, 6) is 0. The zero-order chi connectivity index (χ0) is 12.1. The predicted molar refractivity (Wildman–Crippen MR) is 73.4 cm³/mol. The second kappa shape index (κ2) is 5.94. The van der Waals surface area contributed by atoms with E-state index in [2.05, 4.69) is 22.6 Å². The molecule has 3 N–H and O–H groups in total. The molecule has 96 valence electrons. The molecule has 1 aromatic heterocycles. The largest absolute Gasteiger partial charge is 0.330 e. The molecule has 0 aliphatic heterocycles. The maximum atomic E-state index is 5.91. The normalized spacial score (nSPS) is 18.7. The third-order valence-electron chi connectivity index (χ3n) is 3.82. The smallest absolute Gasteiger partial charge is 0.0897 e. The average molecular weight is 253 g/mol. The summed E-state index contributed by atoms with van der Waals surface area (Å²) in [7, 11) is 0. The van der Waals surface area contributed by atoms with E-state index in [4.69, 9.17) is 5.73 Å². The van der Waals surface area contributed by atoms with Gasteiger partial charge < -0.3 is 11.1 Å². The summed E-state index contributed by atoms with van der Waals surface area (Å²) in [6, 6.07) is 0. The Hall–Kier alpha value is -0.450. The molecule has 0 unspecified atom stereocenters. The number of nitrogens with one attached hydrogen (secondary N) is 1. The molecule has 1 fully saturated rings. The van der Waals surface area contributed by atoms with Gasteiger partial charge in [0.1, 0.15) is 0 Å². The second-order valence-electron chi connectivity index (χ2n) is 5.20. The van der Waals surface area contributed by atoms with E-state index in [1.165, 1.54) is 31.4 Å². The molecular weight excluding hydrogens is 230 g/mol. The van der Waals surface area contributed by atoms with Gasteiger partial charge >= 0.3 is 0 Å². The van der Waals surface area contributed by atoms with Crippen molar-refractivity contribution in [3.8, 4) is 0 Å². The zero-order valence-electron chi connectivity index (χ0n) is 10.7. The molecule has 1 aliphatic rings. The summed E-state index contributed by atoms with van der Waals surface area (Å²) in [4.78, 5) is 4.47. The van der Waals surface area contributed by atoms with Crippen molar-refractivity contribution < 1.29 is 0 Å². The fourth-order valence-corrected chi connectivity index (χ4v) is 3.32. The van der Waals surface area contributed by atoms with Gasteiger partial charge in [-0.3, -0.25) is 0 Å². The van der Waals surface area contributed by atoms with Crippen LogP contribution in [0.1, 0.15) is 36.4 Å². The molecular formula is C13H23N3S. The molecule has 1 saturated carbocycles. The highest BCUT2D eigenvalue weighted by molar-refractivity contribution is 7.09.